The van der Waals surface area contributed by atoms with Gasteiger partial charge in [0.2, 0.25) is 10.0 Å². The second-order valence-corrected chi connectivity index (χ2v) is 23.1. The Bertz CT molecular complexity index is 1700. The van der Waals surface area contributed by atoms with Crippen LogP contribution in [0.4, 0.5) is 4.39 Å². The molecule has 304 valence electrons. The van der Waals surface area contributed by atoms with Gasteiger partial charge in [0, 0.05) is 18.6 Å². The van der Waals surface area contributed by atoms with Gasteiger partial charge in [0.25, 0.3) is 0 Å². The van der Waals surface area contributed by atoms with Crippen LogP contribution in [0.5, 0.6) is 0 Å². The Morgan fingerprint density at radius 3 is 2.22 bits per heavy atom. The summed E-state index contributed by atoms with van der Waals surface area (Å²) in [6, 6.07) is 0. The lowest BCUT2D eigenvalue weighted by Crippen LogP contribution is -2.68. The van der Waals surface area contributed by atoms with E-state index < -0.39 is 33.7 Å². The van der Waals surface area contributed by atoms with Gasteiger partial charge >= 0.3 is 5.97 Å². The first-order chi connectivity index (χ1) is 25.1. The Kier molecular flexibility index (Phi) is 10.2. The molecule has 10 atom stereocenters. The Labute approximate surface area is 326 Å². The molecule has 3 N–H and O–H groups in total. The average Bonchev–Trinajstić information content (AvgIpc) is 3.48. The normalized spacial score (nSPS) is 44.5. The number of rotatable bonds is 9. The molecule has 1 saturated heterocycles. The van der Waals surface area contributed by atoms with Crippen LogP contribution in [0, 0.1) is 56.7 Å². The number of nitrogens with one attached hydrogen (secondary N) is 1. The number of nitrogens with zero attached hydrogens (tertiary/aromatic N) is 1. The smallest absolute Gasteiger partial charge is 0.312 e. The molecule has 54 heavy (non-hydrogen) atoms. The summed E-state index contributed by atoms with van der Waals surface area (Å²) in [5.74, 6) is 1.76. The number of carbonyl (C=O) groups is 1. The van der Waals surface area contributed by atoms with Crippen molar-refractivity contribution in [3.8, 4) is 0 Å². The summed E-state index contributed by atoms with van der Waals surface area (Å²) >= 11 is 0. The molecule has 0 spiro atoms. The maximum atomic E-state index is 14.0. The fourth-order valence-electron chi connectivity index (χ4n) is 15.1. The molecule has 1 unspecified atom stereocenters. The quantitative estimate of drug-likeness (QED) is 0.203. The highest BCUT2D eigenvalue weighted by Gasteiger charge is 2.70. The highest BCUT2D eigenvalue weighted by atomic mass is 32.2. The first-order valence-corrected chi connectivity index (χ1v) is 23.2. The van der Waals surface area contributed by atoms with Crippen LogP contribution in [0.25, 0.3) is 0 Å². The predicted molar refractivity (Wildman–Crippen MR) is 214 cm³/mol. The number of sulfonamides is 1. The van der Waals surface area contributed by atoms with Crippen molar-refractivity contribution in [2.24, 2.45) is 56.7 Å². The van der Waals surface area contributed by atoms with Crippen LogP contribution >= 0.6 is 0 Å². The van der Waals surface area contributed by atoms with E-state index in [2.05, 4.69) is 65.6 Å². The SMILES string of the molecule is C=C(C)[C@@H]1CC[C@]2(NCCC3(O)CCN(S(C)(=O)=O)CC3)CC[C@]3(C)[C@H](CC[C@@H]4[C@@]5(C)CC=C(C6=CCC(CF)(C(=O)O)CC6)C(C)(C)[C@@H]5CC[C@]43C)[C@@H]12. The van der Waals surface area contributed by atoms with Crippen molar-refractivity contribution >= 4 is 16.0 Å². The van der Waals surface area contributed by atoms with Gasteiger partial charge < -0.3 is 15.5 Å². The van der Waals surface area contributed by atoms with E-state index in [0.29, 0.717) is 74.8 Å². The zero-order valence-electron chi connectivity index (χ0n) is 34.5. The van der Waals surface area contributed by atoms with Gasteiger partial charge in [-0.05, 0) is 172 Å². The van der Waals surface area contributed by atoms with Crippen molar-refractivity contribution in [3.63, 3.8) is 0 Å². The molecule has 6 aliphatic carbocycles. The minimum absolute atomic E-state index is 0.0372. The van der Waals surface area contributed by atoms with Crippen molar-refractivity contribution in [1.82, 2.24) is 9.62 Å². The van der Waals surface area contributed by atoms with E-state index in [-0.39, 0.29) is 33.6 Å². The molecular formula is C45H71FN2O5S. The largest absolute Gasteiger partial charge is 0.481 e. The van der Waals surface area contributed by atoms with Gasteiger partial charge in [-0.25, -0.2) is 17.1 Å². The van der Waals surface area contributed by atoms with E-state index in [1.807, 2.05) is 0 Å². The molecule has 7 nitrogen and oxygen atoms in total. The van der Waals surface area contributed by atoms with Crippen molar-refractivity contribution in [3.05, 3.63) is 35.5 Å². The van der Waals surface area contributed by atoms with Gasteiger partial charge in [-0.15, -0.1) is 0 Å². The van der Waals surface area contributed by atoms with E-state index >= 15 is 0 Å². The van der Waals surface area contributed by atoms with Crippen LogP contribution in [0.2, 0.25) is 0 Å². The van der Waals surface area contributed by atoms with Gasteiger partial charge in [0.1, 0.15) is 6.67 Å². The van der Waals surface area contributed by atoms with Gasteiger partial charge in [0.05, 0.1) is 17.3 Å². The molecule has 4 saturated carbocycles. The number of piperidine rings is 1. The second-order valence-electron chi connectivity index (χ2n) is 21.1. The lowest BCUT2D eigenvalue weighted by molar-refractivity contribution is -0.221. The summed E-state index contributed by atoms with van der Waals surface area (Å²) in [5, 5.41) is 25.5. The molecule has 7 aliphatic rings. The molecule has 9 heteroatoms. The molecule has 0 aromatic heterocycles. The Hall–Kier alpha value is -1.55. The number of hydrogen-bond acceptors (Lipinski definition) is 5. The summed E-state index contributed by atoms with van der Waals surface area (Å²) < 4.78 is 39.7. The Balaban J connectivity index is 1.12. The van der Waals surface area contributed by atoms with Crippen LogP contribution in [0.3, 0.4) is 0 Å². The molecule has 1 heterocycles. The third kappa shape index (κ3) is 6.08. The van der Waals surface area contributed by atoms with E-state index in [9.17, 15) is 27.8 Å². The number of aliphatic hydroxyl groups is 1. The number of carboxylic acid groups (broad SMARTS) is 1. The number of carboxylic acids is 1. The number of aliphatic carboxylic acids is 1. The molecule has 0 aromatic carbocycles. The van der Waals surface area contributed by atoms with Crippen LogP contribution in [-0.4, -0.2) is 72.6 Å². The van der Waals surface area contributed by atoms with E-state index in [1.54, 1.807) is 0 Å². The molecule has 0 radical (unpaired) electrons. The summed E-state index contributed by atoms with van der Waals surface area (Å²) in [5.41, 5.74) is 2.46. The number of hydrogen-bond donors (Lipinski definition) is 3. The maximum absolute atomic E-state index is 14.0. The summed E-state index contributed by atoms with van der Waals surface area (Å²) in [7, 11) is -3.24. The number of alkyl halides is 1. The number of fused-ring (bicyclic) bond motifs is 7. The minimum atomic E-state index is -3.24. The molecule has 0 amide bonds. The maximum Gasteiger partial charge on any atom is 0.312 e. The number of halogens is 1. The molecule has 1 aliphatic heterocycles. The van der Waals surface area contributed by atoms with Crippen LogP contribution in [-0.2, 0) is 14.8 Å². The molecule has 7 rings (SSSR count). The molecule has 5 fully saturated rings. The lowest BCUT2D eigenvalue weighted by atomic mass is 9.33. The van der Waals surface area contributed by atoms with Gasteiger partial charge in [-0.2, -0.15) is 0 Å². The summed E-state index contributed by atoms with van der Waals surface area (Å²) in [6.45, 7) is 20.4. The van der Waals surface area contributed by atoms with E-state index in [4.69, 9.17) is 0 Å². The topological polar surface area (TPSA) is 107 Å². The fraction of sp³-hybridized carbons (Fsp3) is 0.844. The van der Waals surface area contributed by atoms with Crippen molar-refractivity contribution in [2.75, 3.05) is 32.6 Å². The monoisotopic (exact) mass is 771 g/mol. The zero-order chi connectivity index (χ0) is 39.3. The van der Waals surface area contributed by atoms with Gasteiger partial charge in [0.15, 0.2) is 0 Å². The highest BCUT2D eigenvalue weighted by Crippen LogP contribution is 2.76. The molecule has 0 bridgehead atoms. The van der Waals surface area contributed by atoms with Crippen LogP contribution in [0.15, 0.2) is 35.5 Å². The van der Waals surface area contributed by atoms with E-state index in [0.717, 1.165) is 25.8 Å². The number of allylic oxidation sites excluding steroid dienone is 5. The molecular weight excluding hydrogens is 700 g/mol. The summed E-state index contributed by atoms with van der Waals surface area (Å²) in [6.07, 6.45) is 19.4. The van der Waals surface area contributed by atoms with Crippen molar-refractivity contribution in [2.45, 2.75) is 149 Å². The predicted octanol–water partition coefficient (Wildman–Crippen LogP) is 8.85. The minimum Gasteiger partial charge on any atom is -0.481 e. The van der Waals surface area contributed by atoms with Crippen molar-refractivity contribution in [1.29, 1.82) is 0 Å². The highest BCUT2D eigenvalue weighted by molar-refractivity contribution is 7.88. The molecule has 0 aromatic rings. The van der Waals surface area contributed by atoms with Gasteiger partial charge in [-0.1, -0.05) is 58.9 Å². The second kappa shape index (κ2) is 13.5. The van der Waals surface area contributed by atoms with Crippen molar-refractivity contribution < 1.29 is 27.8 Å². The summed E-state index contributed by atoms with van der Waals surface area (Å²) in [4.78, 5) is 12.0. The Morgan fingerprint density at radius 2 is 1.63 bits per heavy atom. The fourth-order valence-corrected chi connectivity index (χ4v) is 16.0. The average molecular weight is 771 g/mol. The van der Waals surface area contributed by atoms with Crippen LogP contribution < -0.4 is 5.32 Å². The van der Waals surface area contributed by atoms with Gasteiger partial charge in [-0.3, -0.25) is 4.79 Å². The standard InChI is InChI=1S/C45H71FN2O5S/c1-30(2)32-13-20-45(47-26-23-44(51)24-27-48(28-25-44)54(8,52)53)22-21-41(6)34(37(32)45)9-10-36-40(5)16-14-33(39(3,4)35(40)15-17-42(36,41)7)31-11-18-43(29-46,19-12-31)38(49)50/h11,14,32,34-37,47,51H,1,9-10,12-13,15-29H2,2-8H3,(H,49,50)/t32-,34+,35-,36+,37+,40-,41+,42+,43?,45-/m0/s1. The zero-order valence-corrected chi connectivity index (χ0v) is 35.4. The van der Waals surface area contributed by atoms with E-state index in [1.165, 1.54) is 65.8 Å². The third-order valence-electron chi connectivity index (χ3n) is 18.5. The first kappa shape index (κ1) is 40.6. The Morgan fingerprint density at radius 1 is 0.926 bits per heavy atom. The van der Waals surface area contributed by atoms with Crippen LogP contribution in [0.1, 0.15) is 138 Å². The third-order valence-corrected chi connectivity index (χ3v) is 19.8. The lowest BCUT2D eigenvalue weighted by Gasteiger charge is -2.72. The first-order valence-electron chi connectivity index (χ1n) is 21.4.